The van der Waals surface area contributed by atoms with Gasteiger partial charge < -0.3 is 15.1 Å². The number of nitrogens with zero attached hydrogens (tertiary/aromatic N) is 2. The lowest BCUT2D eigenvalue weighted by Gasteiger charge is -1.96. The third kappa shape index (κ3) is 2.18. The Bertz CT molecular complexity index is 1260. The minimum Gasteiger partial charge on any atom is -0.472 e. The third-order valence-electron chi connectivity index (χ3n) is 4.41. The predicted octanol–water partition coefficient (Wildman–Crippen LogP) is 3.47. The van der Waals surface area contributed by atoms with Crippen LogP contribution in [0.15, 0.2) is 59.4 Å². The van der Waals surface area contributed by atoms with Crippen LogP contribution in [0.2, 0.25) is 0 Å². The summed E-state index contributed by atoms with van der Waals surface area (Å²) in [5.74, 6) is 0.144. The number of fused-ring (bicyclic) bond motifs is 2. The lowest BCUT2D eigenvalue weighted by molar-refractivity contribution is 0.100. The Morgan fingerprint density at radius 3 is 2.77 bits per heavy atom. The van der Waals surface area contributed by atoms with E-state index < -0.39 is 5.91 Å². The van der Waals surface area contributed by atoms with Gasteiger partial charge in [0.05, 0.1) is 29.1 Å². The molecule has 2 aromatic carbocycles. The molecule has 0 radical (unpaired) electrons. The second kappa shape index (κ2) is 5.32. The molecule has 0 aliphatic rings. The Kier molecular flexibility index (Phi) is 2.96. The summed E-state index contributed by atoms with van der Waals surface area (Å²) in [5.41, 5.74) is 11.0. The Balaban J connectivity index is 1.66. The number of carbonyl (C=O) groups is 1. The molecule has 3 aromatic heterocycles. The summed E-state index contributed by atoms with van der Waals surface area (Å²) >= 11 is 0. The summed E-state index contributed by atoms with van der Waals surface area (Å²) in [5, 5.41) is 8.09. The summed E-state index contributed by atoms with van der Waals surface area (Å²) in [7, 11) is 0. The van der Waals surface area contributed by atoms with Crippen molar-refractivity contribution in [2.45, 2.75) is 0 Å². The zero-order valence-corrected chi connectivity index (χ0v) is 13.5. The first-order valence-corrected chi connectivity index (χ1v) is 8.00. The van der Waals surface area contributed by atoms with E-state index >= 15 is 0 Å². The standard InChI is InChI=1S/C19H13N5O2/c20-18(25)11-2-3-14-13(7-11)17(24-23-14)19-21-15-4-1-10(8-16(15)22-19)12-5-6-26-9-12/h1-9H,(H2,20,25)(H,21,22)(H,23,24). The zero-order valence-electron chi connectivity index (χ0n) is 13.5. The number of hydrogen-bond donors (Lipinski definition) is 3. The average molecular weight is 343 g/mol. The van der Waals surface area contributed by atoms with Crippen LogP contribution in [-0.4, -0.2) is 26.1 Å². The van der Waals surface area contributed by atoms with Crippen molar-refractivity contribution < 1.29 is 9.21 Å². The van der Waals surface area contributed by atoms with Crippen LogP contribution < -0.4 is 5.73 Å². The quantitative estimate of drug-likeness (QED) is 0.465. The van der Waals surface area contributed by atoms with E-state index in [1.807, 2.05) is 24.3 Å². The van der Waals surface area contributed by atoms with Gasteiger partial charge in [0.1, 0.15) is 5.69 Å². The maximum atomic E-state index is 11.5. The molecule has 5 aromatic rings. The molecule has 0 fully saturated rings. The lowest BCUT2D eigenvalue weighted by atomic mass is 10.1. The number of furan rings is 1. The molecule has 0 saturated carbocycles. The van der Waals surface area contributed by atoms with E-state index in [1.165, 1.54) is 0 Å². The van der Waals surface area contributed by atoms with Gasteiger partial charge in [0.15, 0.2) is 5.82 Å². The molecule has 1 amide bonds. The predicted molar refractivity (Wildman–Crippen MR) is 97.4 cm³/mol. The lowest BCUT2D eigenvalue weighted by Crippen LogP contribution is -2.10. The Morgan fingerprint density at radius 2 is 1.96 bits per heavy atom. The first kappa shape index (κ1) is 14.5. The largest absolute Gasteiger partial charge is 0.472 e. The van der Waals surface area contributed by atoms with Gasteiger partial charge in [-0.2, -0.15) is 5.10 Å². The van der Waals surface area contributed by atoms with Gasteiger partial charge in [-0.25, -0.2) is 4.98 Å². The molecule has 7 heteroatoms. The number of benzene rings is 2. The summed E-state index contributed by atoms with van der Waals surface area (Å²) in [6, 6.07) is 13.0. The Labute approximate surface area is 146 Å². The van der Waals surface area contributed by atoms with E-state index in [0.29, 0.717) is 17.1 Å². The normalized spacial score (nSPS) is 11.4. The van der Waals surface area contributed by atoms with Gasteiger partial charge in [-0.15, -0.1) is 0 Å². The minimum absolute atomic E-state index is 0.429. The van der Waals surface area contributed by atoms with E-state index in [9.17, 15) is 4.79 Å². The van der Waals surface area contributed by atoms with E-state index in [1.54, 1.807) is 30.7 Å². The number of imidazole rings is 1. The van der Waals surface area contributed by atoms with Crippen LogP contribution in [0.4, 0.5) is 0 Å². The number of H-pyrrole nitrogens is 2. The van der Waals surface area contributed by atoms with Crippen molar-refractivity contribution in [2.75, 3.05) is 0 Å². The molecule has 0 atom stereocenters. The van der Waals surface area contributed by atoms with Crippen LogP contribution in [0.5, 0.6) is 0 Å². The molecule has 0 bridgehead atoms. The molecule has 0 saturated heterocycles. The summed E-state index contributed by atoms with van der Waals surface area (Å²) in [4.78, 5) is 19.4. The summed E-state index contributed by atoms with van der Waals surface area (Å²) in [6.45, 7) is 0. The van der Waals surface area contributed by atoms with Crippen molar-refractivity contribution in [3.8, 4) is 22.6 Å². The van der Waals surface area contributed by atoms with Gasteiger partial charge in [0.2, 0.25) is 5.91 Å². The summed E-state index contributed by atoms with van der Waals surface area (Å²) in [6.07, 6.45) is 3.34. The highest BCUT2D eigenvalue weighted by Gasteiger charge is 2.14. The molecule has 0 spiro atoms. The van der Waals surface area contributed by atoms with Gasteiger partial charge in [0, 0.05) is 16.5 Å². The molecule has 5 rings (SSSR count). The molecule has 4 N–H and O–H groups in total. The number of primary amides is 1. The molecule has 7 nitrogen and oxygen atoms in total. The van der Waals surface area contributed by atoms with Crippen molar-refractivity contribution in [3.63, 3.8) is 0 Å². The molecule has 0 unspecified atom stereocenters. The van der Waals surface area contributed by atoms with Gasteiger partial charge in [0.25, 0.3) is 0 Å². The van der Waals surface area contributed by atoms with Gasteiger partial charge in [-0.1, -0.05) is 6.07 Å². The van der Waals surface area contributed by atoms with E-state index in [0.717, 1.165) is 33.1 Å². The highest BCUT2D eigenvalue weighted by Crippen LogP contribution is 2.29. The Hall–Kier alpha value is -3.87. The molecule has 3 heterocycles. The van der Waals surface area contributed by atoms with Gasteiger partial charge >= 0.3 is 0 Å². The third-order valence-corrected chi connectivity index (χ3v) is 4.41. The fourth-order valence-electron chi connectivity index (χ4n) is 3.08. The van der Waals surface area contributed by atoms with Gasteiger partial charge in [-0.05, 0) is 42.0 Å². The van der Waals surface area contributed by atoms with E-state index in [-0.39, 0.29) is 0 Å². The maximum Gasteiger partial charge on any atom is 0.248 e. The number of rotatable bonds is 3. The second-order valence-corrected chi connectivity index (χ2v) is 6.03. The first-order valence-electron chi connectivity index (χ1n) is 8.00. The molecule has 126 valence electrons. The zero-order chi connectivity index (χ0) is 17.7. The van der Waals surface area contributed by atoms with Crippen LogP contribution in [0.1, 0.15) is 10.4 Å². The number of aromatic nitrogens is 4. The monoisotopic (exact) mass is 343 g/mol. The van der Waals surface area contributed by atoms with Crippen LogP contribution in [-0.2, 0) is 0 Å². The smallest absolute Gasteiger partial charge is 0.248 e. The van der Waals surface area contributed by atoms with Crippen molar-refractivity contribution in [3.05, 3.63) is 60.6 Å². The van der Waals surface area contributed by atoms with Crippen molar-refractivity contribution in [1.29, 1.82) is 0 Å². The van der Waals surface area contributed by atoms with Crippen molar-refractivity contribution in [1.82, 2.24) is 20.2 Å². The fourth-order valence-corrected chi connectivity index (χ4v) is 3.08. The average Bonchev–Trinajstić information content (AvgIpc) is 3.38. The van der Waals surface area contributed by atoms with Crippen LogP contribution in [0, 0.1) is 0 Å². The number of nitrogens with two attached hydrogens (primary N) is 1. The molecular weight excluding hydrogens is 330 g/mol. The van der Waals surface area contributed by atoms with E-state index in [4.69, 9.17) is 10.2 Å². The Morgan fingerprint density at radius 1 is 1.04 bits per heavy atom. The molecule has 26 heavy (non-hydrogen) atoms. The van der Waals surface area contributed by atoms with Crippen LogP contribution in [0.25, 0.3) is 44.6 Å². The second-order valence-electron chi connectivity index (χ2n) is 6.03. The van der Waals surface area contributed by atoms with Crippen LogP contribution >= 0.6 is 0 Å². The number of hydrogen-bond acceptors (Lipinski definition) is 4. The number of aromatic amines is 2. The summed E-state index contributed by atoms with van der Waals surface area (Å²) < 4.78 is 5.15. The SMILES string of the molecule is NC(=O)c1ccc2[nH]nc(-c3nc4ccc(-c5ccoc5)cc4[nH]3)c2c1. The highest BCUT2D eigenvalue weighted by atomic mass is 16.3. The van der Waals surface area contributed by atoms with Gasteiger partial charge in [-0.3, -0.25) is 9.89 Å². The number of carbonyl (C=O) groups excluding carboxylic acids is 1. The van der Waals surface area contributed by atoms with Crippen molar-refractivity contribution >= 4 is 27.8 Å². The highest BCUT2D eigenvalue weighted by molar-refractivity contribution is 6.00. The molecular formula is C19H13N5O2. The van der Waals surface area contributed by atoms with Crippen molar-refractivity contribution in [2.24, 2.45) is 5.73 Å². The fraction of sp³-hybridized carbons (Fsp3) is 0. The first-order chi connectivity index (χ1) is 12.7. The van der Waals surface area contributed by atoms with Crippen LogP contribution in [0.3, 0.4) is 0 Å². The molecule has 0 aliphatic heterocycles. The number of amides is 1. The molecule has 0 aliphatic carbocycles. The topological polar surface area (TPSA) is 114 Å². The van der Waals surface area contributed by atoms with E-state index in [2.05, 4.69) is 20.2 Å². The maximum absolute atomic E-state index is 11.5. The minimum atomic E-state index is -0.478. The number of nitrogens with one attached hydrogen (secondary N) is 2.